The second-order valence-corrected chi connectivity index (χ2v) is 12.1. The smallest absolute Gasteiger partial charge is 0.272 e. The lowest BCUT2D eigenvalue weighted by atomic mass is 9.61. The minimum atomic E-state index is -3.38. The summed E-state index contributed by atoms with van der Waals surface area (Å²) >= 11 is 0. The molecule has 2 aliphatic carbocycles. The average molecular weight is 485 g/mol. The SMILES string of the molecule is C.Cn1cc(-c2cc(S(C)(=O)=O)ccc2OCCC23CCCC(CCC2)C3)c2cc[nH]c(=O)c21. The van der Waals surface area contributed by atoms with E-state index in [0.717, 1.165) is 23.3 Å². The molecule has 1 aromatic carbocycles. The molecule has 1 N–H and O–H groups in total. The van der Waals surface area contributed by atoms with Gasteiger partial charge < -0.3 is 14.3 Å². The average Bonchev–Trinajstić information content (AvgIpc) is 3.11. The van der Waals surface area contributed by atoms with E-state index < -0.39 is 9.84 Å². The minimum Gasteiger partial charge on any atom is -0.493 e. The van der Waals surface area contributed by atoms with Gasteiger partial charge in [-0.3, -0.25) is 4.79 Å². The third-order valence-electron chi connectivity index (χ3n) is 7.82. The van der Waals surface area contributed by atoms with E-state index in [0.29, 0.717) is 28.9 Å². The van der Waals surface area contributed by atoms with Crippen molar-refractivity contribution in [2.75, 3.05) is 12.9 Å². The number of pyridine rings is 1. The summed E-state index contributed by atoms with van der Waals surface area (Å²) in [4.78, 5) is 15.4. The van der Waals surface area contributed by atoms with Crippen LogP contribution >= 0.6 is 0 Å². The molecule has 5 rings (SSSR count). The Morgan fingerprint density at radius 2 is 1.88 bits per heavy atom. The highest BCUT2D eigenvalue weighted by molar-refractivity contribution is 7.90. The second kappa shape index (κ2) is 9.25. The molecular formula is C27H36N2O4S. The Labute approximate surface area is 202 Å². The van der Waals surface area contributed by atoms with E-state index in [1.165, 1.54) is 51.2 Å². The summed E-state index contributed by atoms with van der Waals surface area (Å²) in [7, 11) is -1.56. The van der Waals surface area contributed by atoms with Crippen LogP contribution in [-0.2, 0) is 16.9 Å². The van der Waals surface area contributed by atoms with Crippen molar-refractivity contribution in [3.05, 3.63) is 47.0 Å². The van der Waals surface area contributed by atoms with E-state index in [4.69, 9.17) is 4.74 Å². The van der Waals surface area contributed by atoms with Crippen molar-refractivity contribution in [1.29, 1.82) is 0 Å². The molecule has 0 aliphatic heterocycles. The lowest BCUT2D eigenvalue weighted by Gasteiger charge is -2.45. The number of benzene rings is 1. The summed E-state index contributed by atoms with van der Waals surface area (Å²) in [6.07, 6.45) is 15.0. The number of hydrogen-bond acceptors (Lipinski definition) is 4. The monoisotopic (exact) mass is 484 g/mol. The number of hydrogen-bond donors (Lipinski definition) is 1. The van der Waals surface area contributed by atoms with Crippen molar-refractivity contribution in [2.45, 2.75) is 63.7 Å². The van der Waals surface area contributed by atoms with Gasteiger partial charge in [-0.1, -0.05) is 33.1 Å². The molecule has 2 fully saturated rings. The largest absolute Gasteiger partial charge is 0.493 e. The highest BCUT2D eigenvalue weighted by Gasteiger charge is 2.38. The molecule has 2 heterocycles. The van der Waals surface area contributed by atoms with Gasteiger partial charge in [0.15, 0.2) is 9.84 Å². The summed E-state index contributed by atoms with van der Waals surface area (Å²) in [5.74, 6) is 1.54. The lowest BCUT2D eigenvalue weighted by molar-refractivity contribution is 0.0538. The molecule has 0 spiro atoms. The van der Waals surface area contributed by atoms with Crippen LogP contribution in [0.5, 0.6) is 5.75 Å². The van der Waals surface area contributed by atoms with Gasteiger partial charge in [0.2, 0.25) is 0 Å². The van der Waals surface area contributed by atoms with E-state index in [1.54, 1.807) is 29.0 Å². The van der Waals surface area contributed by atoms with Gasteiger partial charge in [0, 0.05) is 42.2 Å². The van der Waals surface area contributed by atoms with E-state index in [9.17, 15) is 13.2 Å². The third kappa shape index (κ3) is 4.54. The second-order valence-electron chi connectivity index (χ2n) is 10.1. The fraction of sp³-hybridized carbons (Fsp3) is 0.519. The maximum absolute atomic E-state index is 12.4. The van der Waals surface area contributed by atoms with Crippen molar-refractivity contribution in [1.82, 2.24) is 9.55 Å². The van der Waals surface area contributed by atoms with Crippen molar-refractivity contribution in [2.24, 2.45) is 18.4 Å². The van der Waals surface area contributed by atoms with Crippen LogP contribution in [0.3, 0.4) is 0 Å². The van der Waals surface area contributed by atoms with Crippen molar-refractivity contribution in [3.63, 3.8) is 0 Å². The summed E-state index contributed by atoms with van der Waals surface area (Å²) in [5, 5.41) is 0.776. The van der Waals surface area contributed by atoms with Crippen molar-refractivity contribution >= 4 is 20.7 Å². The highest BCUT2D eigenvalue weighted by Crippen LogP contribution is 2.51. The number of nitrogens with one attached hydrogen (secondary N) is 1. The molecule has 3 aromatic rings. The van der Waals surface area contributed by atoms with Gasteiger partial charge in [-0.2, -0.15) is 0 Å². The lowest BCUT2D eigenvalue weighted by Crippen LogP contribution is -2.34. The van der Waals surface area contributed by atoms with Crippen LogP contribution in [0.15, 0.2) is 46.3 Å². The van der Waals surface area contributed by atoms with Crippen LogP contribution in [-0.4, -0.2) is 30.8 Å². The van der Waals surface area contributed by atoms with Gasteiger partial charge in [0.1, 0.15) is 11.3 Å². The van der Waals surface area contributed by atoms with E-state index >= 15 is 0 Å². The van der Waals surface area contributed by atoms with Crippen LogP contribution in [0.1, 0.15) is 58.8 Å². The first-order valence-electron chi connectivity index (χ1n) is 11.9. The summed E-state index contributed by atoms with van der Waals surface area (Å²) in [6, 6.07) is 6.91. The van der Waals surface area contributed by atoms with Crippen LogP contribution in [0, 0.1) is 11.3 Å². The van der Waals surface area contributed by atoms with E-state index in [-0.39, 0.29) is 17.9 Å². The molecular weight excluding hydrogens is 448 g/mol. The Balaban J connectivity index is 0.00000274. The van der Waals surface area contributed by atoms with Crippen LogP contribution in [0.2, 0.25) is 0 Å². The number of ether oxygens (including phenoxy) is 1. The molecule has 2 saturated carbocycles. The fourth-order valence-electron chi connectivity index (χ4n) is 6.21. The van der Waals surface area contributed by atoms with Crippen molar-refractivity contribution < 1.29 is 13.2 Å². The molecule has 2 bridgehead atoms. The number of rotatable bonds is 6. The number of aromatic amines is 1. The minimum absolute atomic E-state index is 0. The number of nitrogens with zero attached hydrogens (tertiary/aromatic N) is 1. The zero-order chi connectivity index (χ0) is 23.2. The number of aryl methyl sites for hydroxylation is 1. The standard InChI is InChI=1S/C26H32N2O4S.CH4/c1-28-17-22(20-9-13-27-25(29)24(20)28)21-15-19(33(2,30)31)7-8-23(21)32-14-12-26-10-3-5-18(16-26)6-4-11-26;/h7-9,13,15,17-18H,3-6,10-12,14,16H2,1-2H3,(H,27,29);1H4. The molecule has 0 saturated heterocycles. The third-order valence-corrected chi connectivity index (χ3v) is 8.93. The maximum atomic E-state index is 12.4. The van der Waals surface area contributed by atoms with Gasteiger partial charge in [0.05, 0.1) is 11.5 Å². The van der Waals surface area contributed by atoms with Crippen molar-refractivity contribution in [3.8, 4) is 16.9 Å². The van der Waals surface area contributed by atoms with Crippen LogP contribution in [0.4, 0.5) is 0 Å². The Hall–Kier alpha value is -2.54. The molecule has 0 amide bonds. The fourth-order valence-corrected chi connectivity index (χ4v) is 6.85. The van der Waals surface area contributed by atoms with Gasteiger partial charge >= 0.3 is 0 Å². The molecule has 184 valence electrons. The molecule has 2 aliphatic rings. The first-order chi connectivity index (χ1) is 15.8. The summed E-state index contributed by atoms with van der Waals surface area (Å²) in [6.45, 7) is 0.614. The van der Waals surface area contributed by atoms with Crippen LogP contribution < -0.4 is 10.3 Å². The number of fused-ring (bicyclic) bond motifs is 3. The molecule has 0 atom stereocenters. The number of sulfone groups is 1. The first kappa shape index (κ1) is 24.6. The van der Waals surface area contributed by atoms with Gasteiger partial charge in [-0.05, 0) is 61.3 Å². The zero-order valence-corrected chi connectivity index (χ0v) is 20.2. The van der Waals surface area contributed by atoms with Crippen LogP contribution in [0.25, 0.3) is 22.0 Å². The molecule has 34 heavy (non-hydrogen) atoms. The number of aromatic nitrogens is 2. The summed E-state index contributed by atoms with van der Waals surface area (Å²) in [5.41, 5.74) is 2.29. The Morgan fingerprint density at radius 3 is 2.59 bits per heavy atom. The highest BCUT2D eigenvalue weighted by atomic mass is 32.2. The van der Waals surface area contributed by atoms with E-state index in [2.05, 4.69) is 4.98 Å². The molecule has 2 aromatic heterocycles. The Bertz CT molecular complexity index is 1340. The molecule has 0 radical (unpaired) electrons. The van der Waals surface area contributed by atoms with E-state index in [1.807, 2.05) is 19.3 Å². The summed E-state index contributed by atoms with van der Waals surface area (Å²) < 4.78 is 32.7. The normalized spacial score (nSPS) is 22.4. The molecule has 6 nitrogen and oxygen atoms in total. The maximum Gasteiger partial charge on any atom is 0.272 e. The Kier molecular flexibility index (Phi) is 6.69. The quantitative estimate of drug-likeness (QED) is 0.486. The predicted molar refractivity (Wildman–Crippen MR) is 137 cm³/mol. The molecule has 7 heteroatoms. The first-order valence-corrected chi connectivity index (χ1v) is 13.8. The topological polar surface area (TPSA) is 81.2 Å². The predicted octanol–water partition coefficient (Wildman–Crippen LogP) is 5.70. The Morgan fingerprint density at radius 1 is 1.15 bits per heavy atom. The molecule has 0 unspecified atom stereocenters. The van der Waals surface area contributed by atoms with Gasteiger partial charge in [-0.15, -0.1) is 0 Å². The van der Waals surface area contributed by atoms with Gasteiger partial charge in [-0.25, -0.2) is 8.42 Å². The van der Waals surface area contributed by atoms with Gasteiger partial charge in [0.25, 0.3) is 5.56 Å². The number of H-pyrrole nitrogens is 1. The zero-order valence-electron chi connectivity index (χ0n) is 19.4.